The van der Waals surface area contributed by atoms with Crippen molar-refractivity contribution in [1.29, 1.82) is 0 Å². The van der Waals surface area contributed by atoms with Gasteiger partial charge >= 0.3 is 0 Å². The normalized spacial score (nSPS) is 13.8. The lowest BCUT2D eigenvalue weighted by Crippen LogP contribution is -2.34. The lowest BCUT2D eigenvalue weighted by atomic mass is 10.1. The molecule has 1 N–H and O–H groups in total. The Kier molecular flexibility index (Phi) is 4.77. The summed E-state index contributed by atoms with van der Waals surface area (Å²) in [5.41, 5.74) is 0.679. The van der Waals surface area contributed by atoms with E-state index in [2.05, 4.69) is 5.32 Å². The topological polar surface area (TPSA) is 75.5 Å². The smallest absolute Gasteiger partial charge is 0.293 e. The number of carbonyl (C=O) groups is 1. The molecular weight excluding hydrogens is 270 g/mol. The van der Waals surface area contributed by atoms with Gasteiger partial charge in [0.1, 0.15) is 5.69 Å². The van der Waals surface area contributed by atoms with Crippen molar-refractivity contribution in [2.45, 2.75) is 39.2 Å². The second-order valence-electron chi connectivity index (χ2n) is 5.22. The van der Waals surface area contributed by atoms with Gasteiger partial charge in [0.15, 0.2) is 0 Å². The number of hydrogen-bond acceptors (Lipinski definition) is 4. The molecule has 1 aromatic rings. The average molecular weight is 291 g/mol. The molecule has 6 heteroatoms. The Labute approximate surface area is 124 Å². The summed E-state index contributed by atoms with van der Waals surface area (Å²) in [6.45, 7) is 5.11. The molecule has 0 heterocycles. The molecule has 0 aromatic heterocycles. The molecule has 1 amide bonds. The maximum atomic E-state index is 12.8. The Morgan fingerprint density at radius 3 is 2.67 bits per heavy atom. The first-order valence-electron chi connectivity index (χ1n) is 7.42. The van der Waals surface area contributed by atoms with E-state index in [1.165, 1.54) is 6.07 Å². The van der Waals surface area contributed by atoms with Crippen LogP contribution in [0.4, 0.5) is 11.4 Å². The molecule has 1 aliphatic rings. The van der Waals surface area contributed by atoms with Crippen LogP contribution in [0, 0.1) is 10.1 Å². The van der Waals surface area contributed by atoms with Gasteiger partial charge in [-0.3, -0.25) is 14.9 Å². The van der Waals surface area contributed by atoms with Crippen LogP contribution < -0.4 is 5.32 Å². The molecular formula is C15H21N3O3. The third-order valence-corrected chi connectivity index (χ3v) is 3.54. The van der Waals surface area contributed by atoms with Crippen LogP contribution in [0.5, 0.6) is 0 Å². The number of nitrogens with zero attached hydrogens (tertiary/aromatic N) is 2. The van der Waals surface area contributed by atoms with E-state index in [1.807, 2.05) is 18.7 Å². The van der Waals surface area contributed by atoms with Crippen molar-refractivity contribution in [3.05, 3.63) is 33.9 Å². The molecule has 0 bridgehead atoms. The molecule has 0 atom stereocenters. The quantitative estimate of drug-likeness (QED) is 0.619. The first kappa shape index (κ1) is 15.3. The summed E-state index contributed by atoms with van der Waals surface area (Å²) in [5, 5.41) is 14.1. The molecule has 2 rings (SSSR count). The molecule has 0 saturated heterocycles. The highest BCUT2D eigenvalue weighted by atomic mass is 16.6. The molecule has 1 saturated carbocycles. The van der Waals surface area contributed by atoms with Gasteiger partial charge in [0.2, 0.25) is 0 Å². The molecule has 0 aliphatic heterocycles. The number of nitro benzene ring substituents is 1. The van der Waals surface area contributed by atoms with E-state index in [9.17, 15) is 14.9 Å². The van der Waals surface area contributed by atoms with Crippen molar-refractivity contribution in [2.75, 3.05) is 18.4 Å². The number of rotatable bonds is 7. The van der Waals surface area contributed by atoms with Gasteiger partial charge in [-0.15, -0.1) is 0 Å². The number of nitrogens with one attached hydrogen (secondary N) is 1. The Morgan fingerprint density at radius 1 is 1.43 bits per heavy atom. The summed E-state index contributed by atoms with van der Waals surface area (Å²) < 4.78 is 0. The van der Waals surface area contributed by atoms with Gasteiger partial charge < -0.3 is 10.2 Å². The Hall–Kier alpha value is -2.11. The zero-order chi connectivity index (χ0) is 15.4. The average Bonchev–Trinajstić information content (AvgIpc) is 3.29. The van der Waals surface area contributed by atoms with Crippen molar-refractivity contribution in [3.63, 3.8) is 0 Å². The molecule has 1 fully saturated rings. The number of benzene rings is 1. The summed E-state index contributed by atoms with van der Waals surface area (Å²) in [6.07, 6.45) is 2.93. The maximum Gasteiger partial charge on any atom is 0.293 e. The van der Waals surface area contributed by atoms with Crippen LogP contribution in [0.25, 0.3) is 0 Å². The van der Waals surface area contributed by atoms with E-state index in [-0.39, 0.29) is 11.6 Å². The van der Waals surface area contributed by atoms with Crippen LogP contribution in [-0.2, 0) is 0 Å². The van der Waals surface area contributed by atoms with Crippen molar-refractivity contribution in [2.24, 2.45) is 0 Å². The van der Waals surface area contributed by atoms with E-state index in [4.69, 9.17) is 0 Å². The Balaban J connectivity index is 2.39. The number of hydrogen-bond donors (Lipinski definition) is 1. The van der Waals surface area contributed by atoms with E-state index < -0.39 is 4.92 Å². The summed E-state index contributed by atoms with van der Waals surface area (Å²) in [6, 6.07) is 4.96. The van der Waals surface area contributed by atoms with Gasteiger partial charge in [-0.1, -0.05) is 13.0 Å². The van der Waals surface area contributed by atoms with Gasteiger partial charge in [0, 0.05) is 25.2 Å². The van der Waals surface area contributed by atoms with Crippen molar-refractivity contribution in [3.8, 4) is 0 Å². The minimum Gasteiger partial charge on any atom is -0.379 e. The first-order valence-corrected chi connectivity index (χ1v) is 7.42. The van der Waals surface area contributed by atoms with Gasteiger partial charge in [-0.2, -0.15) is 0 Å². The summed E-state index contributed by atoms with van der Waals surface area (Å²) >= 11 is 0. The predicted octanol–water partition coefficient (Wildman–Crippen LogP) is 3.04. The zero-order valence-corrected chi connectivity index (χ0v) is 12.5. The fourth-order valence-corrected chi connectivity index (χ4v) is 2.46. The van der Waals surface area contributed by atoms with Crippen LogP contribution in [-0.4, -0.2) is 34.9 Å². The van der Waals surface area contributed by atoms with Crippen LogP contribution >= 0.6 is 0 Å². The van der Waals surface area contributed by atoms with Crippen LogP contribution in [0.1, 0.15) is 43.5 Å². The largest absolute Gasteiger partial charge is 0.379 e. The third-order valence-electron chi connectivity index (χ3n) is 3.54. The highest BCUT2D eigenvalue weighted by molar-refractivity contribution is 6.02. The number of nitro groups is 1. The molecule has 1 aliphatic carbocycles. The Bertz CT molecular complexity index is 541. The highest BCUT2D eigenvalue weighted by Crippen LogP contribution is 2.33. The molecule has 114 valence electrons. The highest BCUT2D eigenvalue weighted by Gasteiger charge is 2.34. The third kappa shape index (κ3) is 3.32. The number of anilines is 1. The molecule has 6 nitrogen and oxygen atoms in total. The molecule has 0 radical (unpaired) electrons. The van der Waals surface area contributed by atoms with Gasteiger partial charge in [-0.05, 0) is 32.3 Å². The SMILES string of the molecule is CCCN(C(=O)c1cccc([N+](=O)[O-])c1NCC)C1CC1. The van der Waals surface area contributed by atoms with Gasteiger partial charge in [-0.25, -0.2) is 0 Å². The minimum atomic E-state index is -0.448. The monoisotopic (exact) mass is 291 g/mol. The van der Waals surface area contributed by atoms with E-state index in [1.54, 1.807) is 12.1 Å². The molecule has 0 unspecified atom stereocenters. The van der Waals surface area contributed by atoms with E-state index >= 15 is 0 Å². The molecule has 21 heavy (non-hydrogen) atoms. The maximum absolute atomic E-state index is 12.8. The minimum absolute atomic E-state index is 0.0463. The number of carbonyl (C=O) groups excluding carboxylic acids is 1. The lowest BCUT2D eigenvalue weighted by Gasteiger charge is -2.23. The van der Waals surface area contributed by atoms with Crippen LogP contribution in [0.3, 0.4) is 0 Å². The fourth-order valence-electron chi connectivity index (χ4n) is 2.46. The van der Waals surface area contributed by atoms with Gasteiger partial charge in [0.05, 0.1) is 10.5 Å². The number of amides is 1. The fraction of sp³-hybridized carbons (Fsp3) is 0.533. The van der Waals surface area contributed by atoms with Crippen molar-refractivity contribution >= 4 is 17.3 Å². The number of para-hydroxylation sites is 1. The second-order valence-corrected chi connectivity index (χ2v) is 5.22. The standard InChI is InChI=1S/C15H21N3O3/c1-3-10-17(11-8-9-11)15(19)12-6-5-7-13(18(20)21)14(12)16-4-2/h5-7,11,16H,3-4,8-10H2,1-2H3. The van der Waals surface area contributed by atoms with E-state index in [0.717, 1.165) is 19.3 Å². The first-order chi connectivity index (χ1) is 10.1. The molecule has 0 spiro atoms. The molecule has 1 aromatic carbocycles. The lowest BCUT2D eigenvalue weighted by molar-refractivity contribution is -0.384. The predicted molar refractivity (Wildman–Crippen MR) is 81.6 cm³/mol. The van der Waals surface area contributed by atoms with Crippen LogP contribution in [0.15, 0.2) is 18.2 Å². The zero-order valence-electron chi connectivity index (χ0n) is 12.5. The second kappa shape index (κ2) is 6.56. The van der Waals surface area contributed by atoms with Crippen LogP contribution in [0.2, 0.25) is 0 Å². The van der Waals surface area contributed by atoms with Crippen molar-refractivity contribution < 1.29 is 9.72 Å². The van der Waals surface area contributed by atoms with E-state index in [0.29, 0.717) is 30.4 Å². The summed E-state index contributed by atoms with van der Waals surface area (Å²) in [4.78, 5) is 25.3. The van der Waals surface area contributed by atoms with Crippen molar-refractivity contribution in [1.82, 2.24) is 4.90 Å². The van der Waals surface area contributed by atoms with Gasteiger partial charge in [0.25, 0.3) is 11.6 Å². The Morgan fingerprint density at radius 2 is 2.14 bits per heavy atom. The summed E-state index contributed by atoms with van der Waals surface area (Å²) in [7, 11) is 0. The summed E-state index contributed by atoms with van der Waals surface area (Å²) in [5.74, 6) is -0.112.